The molecule has 0 bridgehead atoms. The molecule has 140 valence electrons. The average molecular weight is 375 g/mol. The molecule has 2 aromatic carbocycles. The number of rotatable bonds is 8. The van der Waals surface area contributed by atoms with E-state index in [0.29, 0.717) is 18.7 Å². The Balaban J connectivity index is 1.90. The summed E-state index contributed by atoms with van der Waals surface area (Å²) in [6, 6.07) is 15.6. The van der Waals surface area contributed by atoms with Crippen molar-refractivity contribution in [3.05, 3.63) is 60.2 Å². The van der Waals surface area contributed by atoms with Gasteiger partial charge in [0.1, 0.15) is 0 Å². The van der Waals surface area contributed by atoms with Gasteiger partial charge < -0.3 is 10.2 Å². The van der Waals surface area contributed by atoms with Gasteiger partial charge in [0, 0.05) is 37.4 Å². The molecule has 6 nitrogen and oxygen atoms in total. The number of carbonyl (C=O) groups excluding carboxylic acids is 1. The van der Waals surface area contributed by atoms with Gasteiger partial charge in [-0.15, -0.1) is 0 Å². The third-order valence-electron chi connectivity index (χ3n) is 3.75. The van der Waals surface area contributed by atoms with Crippen molar-refractivity contribution in [1.82, 2.24) is 10.0 Å². The smallest absolute Gasteiger partial charge is 0.251 e. The van der Waals surface area contributed by atoms with Crippen LogP contribution in [0.15, 0.2) is 59.5 Å². The first-order valence-corrected chi connectivity index (χ1v) is 9.94. The molecule has 2 N–H and O–H groups in total. The molecular formula is C19H25N3O3S. The summed E-state index contributed by atoms with van der Waals surface area (Å²) in [5.74, 6) is -0.229. The maximum atomic E-state index is 12.2. The van der Waals surface area contributed by atoms with Gasteiger partial charge >= 0.3 is 0 Å². The van der Waals surface area contributed by atoms with Crippen LogP contribution in [0.25, 0.3) is 0 Å². The number of carbonyl (C=O) groups is 1. The normalized spacial score (nSPS) is 11.4. The standard InChI is InChI=1S/C19H25N3O3S/c1-15(2)21-26(24,25)18-11-9-16(10-12-18)19(23)20-13-14-22(3)17-7-5-4-6-8-17/h4-12,15,21H,13-14H2,1-3H3,(H,20,23). The van der Waals surface area contributed by atoms with Gasteiger partial charge in [0.25, 0.3) is 5.91 Å². The summed E-state index contributed by atoms with van der Waals surface area (Å²) in [5.41, 5.74) is 1.50. The van der Waals surface area contributed by atoms with Crippen LogP contribution in [0, 0.1) is 0 Å². The molecule has 0 radical (unpaired) electrons. The molecule has 0 fully saturated rings. The first-order valence-electron chi connectivity index (χ1n) is 8.46. The Morgan fingerprint density at radius 2 is 1.65 bits per heavy atom. The summed E-state index contributed by atoms with van der Waals surface area (Å²) in [6.07, 6.45) is 0. The second-order valence-corrected chi connectivity index (χ2v) is 8.03. The summed E-state index contributed by atoms with van der Waals surface area (Å²) in [6.45, 7) is 4.66. The lowest BCUT2D eigenvalue weighted by Gasteiger charge is -2.19. The van der Waals surface area contributed by atoms with E-state index in [-0.39, 0.29) is 16.8 Å². The molecule has 2 rings (SSSR count). The van der Waals surface area contributed by atoms with Crippen LogP contribution in [-0.2, 0) is 10.0 Å². The lowest BCUT2D eigenvalue weighted by Crippen LogP contribution is -2.33. The quantitative estimate of drug-likeness (QED) is 0.742. The van der Waals surface area contributed by atoms with Crippen molar-refractivity contribution < 1.29 is 13.2 Å². The minimum atomic E-state index is -3.55. The molecule has 7 heteroatoms. The Labute approximate surface area is 155 Å². The third kappa shape index (κ3) is 5.57. The highest BCUT2D eigenvalue weighted by molar-refractivity contribution is 7.89. The lowest BCUT2D eigenvalue weighted by atomic mass is 10.2. The molecule has 0 saturated heterocycles. The average Bonchev–Trinajstić information content (AvgIpc) is 2.61. The van der Waals surface area contributed by atoms with E-state index < -0.39 is 10.0 Å². The van der Waals surface area contributed by atoms with E-state index in [1.54, 1.807) is 13.8 Å². The van der Waals surface area contributed by atoms with Gasteiger partial charge in [-0.25, -0.2) is 13.1 Å². The fraction of sp³-hybridized carbons (Fsp3) is 0.316. The number of para-hydroxylation sites is 1. The van der Waals surface area contributed by atoms with Crippen LogP contribution in [-0.4, -0.2) is 40.5 Å². The van der Waals surface area contributed by atoms with Gasteiger partial charge in [0.2, 0.25) is 10.0 Å². The van der Waals surface area contributed by atoms with Crippen LogP contribution in [0.1, 0.15) is 24.2 Å². The number of likely N-dealkylation sites (N-methyl/N-ethyl adjacent to an activating group) is 1. The van der Waals surface area contributed by atoms with Crippen molar-refractivity contribution in [3.8, 4) is 0 Å². The maximum Gasteiger partial charge on any atom is 0.251 e. The van der Waals surface area contributed by atoms with E-state index >= 15 is 0 Å². The summed E-state index contributed by atoms with van der Waals surface area (Å²) < 4.78 is 26.7. The van der Waals surface area contributed by atoms with Crippen molar-refractivity contribution in [2.75, 3.05) is 25.0 Å². The SMILES string of the molecule is CC(C)NS(=O)(=O)c1ccc(C(=O)NCCN(C)c2ccccc2)cc1. The summed E-state index contributed by atoms with van der Waals surface area (Å²) >= 11 is 0. The lowest BCUT2D eigenvalue weighted by molar-refractivity contribution is 0.0954. The molecular weight excluding hydrogens is 350 g/mol. The first-order chi connectivity index (χ1) is 12.3. The topological polar surface area (TPSA) is 78.5 Å². The zero-order valence-electron chi connectivity index (χ0n) is 15.3. The Bertz CT molecular complexity index is 819. The Kier molecular flexibility index (Phi) is 6.76. The highest BCUT2D eigenvalue weighted by Crippen LogP contribution is 2.12. The zero-order valence-corrected chi connectivity index (χ0v) is 16.1. The largest absolute Gasteiger partial charge is 0.373 e. The number of benzene rings is 2. The second kappa shape index (κ2) is 8.82. The van der Waals surface area contributed by atoms with Crippen LogP contribution in [0.2, 0.25) is 0 Å². The molecule has 0 heterocycles. The number of sulfonamides is 1. The van der Waals surface area contributed by atoms with Crippen LogP contribution >= 0.6 is 0 Å². The molecule has 0 aliphatic heterocycles. The van der Waals surface area contributed by atoms with Gasteiger partial charge in [-0.1, -0.05) is 18.2 Å². The molecule has 0 aliphatic rings. The maximum absolute atomic E-state index is 12.2. The first kappa shape index (κ1) is 19.9. The Morgan fingerprint density at radius 1 is 1.04 bits per heavy atom. The number of nitrogens with zero attached hydrogens (tertiary/aromatic N) is 1. The number of amides is 1. The van der Waals surface area contributed by atoms with Crippen LogP contribution in [0.4, 0.5) is 5.69 Å². The monoisotopic (exact) mass is 375 g/mol. The van der Waals surface area contributed by atoms with Crippen molar-refractivity contribution in [2.24, 2.45) is 0 Å². The van der Waals surface area contributed by atoms with Gasteiger partial charge in [0.15, 0.2) is 0 Å². The van der Waals surface area contributed by atoms with Gasteiger partial charge in [-0.3, -0.25) is 4.79 Å². The molecule has 0 unspecified atom stereocenters. The second-order valence-electron chi connectivity index (χ2n) is 6.31. The fourth-order valence-electron chi connectivity index (χ4n) is 2.41. The van der Waals surface area contributed by atoms with Crippen molar-refractivity contribution in [3.63, 3.8) is 0 Å². The van der Waals surface area contributed by atoms with Crippen molar-refractivity contribution in [2.45, 2.75) is 24.8 Å². The molecule has 1 amide bonds. The van der Waals surface area contributed by atoms with Gasteiger partial charge in [-0.2, -0.15) is 0 Å². The molecule has 0 saturated carbocycles. The molecule has 26 heavy (non-hydrogen) atoms. The number of hydrogen-bond acceptors (Lipinski definition) is 4. The van der Waals surface area contributed by atoms with E-state index in [9.17, 15) is 13.2 Å². The predicted octanol–water partition coefficient (Wildman–Crippen LogP) is 2.24. The molecule has 0 spiro atoms. The van der Waals surface area contributed by atoms with Gasteiger partial charge in [0.05, 0.1) is 4.90 Å². The molecule has 2 aromatic rings. The van der Waals surface area contributed by atoms with E-state index in [4.69, 9.17) is 0 Å². The fourth-order valence-corrected chi connectivity index (χ4v) is 3.67. The molecule has 0 aliphatic carbocycles. The van der Waals surface area contributed by atoms with E-state index in [1.807, 2.05) is 42.3 Å². The van der Waals surface area contributed by atoms with Crippen molar-refractivity contribution in [1.29, 1.82) is 0 Å². The van der Waals surface area contributed by atoms with Crippen molar-refractivity contribution >= 4 is 21.6 Å². The molecule has 0 atom stereocenters. The number of anilines is 1. The minimum Gasteiger partial charge on any atom is -0.373 e. The summed E-state index contributed by atoms with van der Waals surface area (Å²) in [4.78, 5) is 14.4. The van der Waals surface area contributed by atoms with E-state index in [0.717, 1.165) is 5.69 Å². The van der Waals surface area contributed by atoms with E-state index in [1.165, 1.54) is 24.3 Å². The van der Waals surface area contributed by atoms with Gasteiger partial charge in [-0.05, 0) is 50.2 Å². The summed E-state index contributed by atoms with van der Waals surface area (Å²) in [7, 11) is -1.59. The number of hydrogen-bond donors (Lipinski definition) is 2. The third-order valence-corrected chi connectivity index (χ3v) is 5.42. The minimum absolute atomic E-state index is 0.145. The highest BCUT2D eigenvalue weighted by atomic mass is 32.2. The van der Waals surface area contributed by atoms with E-state index in [2.05, 4.69) is 10.0 Å². The predicted molar refractivity (Wildman–Crippen MR) is 104 cm³/mol. The Morgan fingerprint density at radius 3 is 2.23 bits per heavy atom. The summed E-state index contributed by atoms with van der Waals surface area (Å²) in [5, 5.41) is 2.84. The Hall–Kier alpha value is -2.38. The highest BCUT2D eigenvalue weighted by Gasteiger charge is 2.16. The van der Waals surface area contributed by atoms with Crippen LogP contribution < -0.4 is 14.9 Å². The zero-order chi connectivity index (χ0) is 19.2. The van der Waals surface area contributed by atoms with Crippen LogP contribution in [0.5, 0.6) is 0 Å². The molecule has 0 aromatic heterocycles. The van der Waals surface area contributed by atoms with Crippen LogP contribution in [0.3, 0.4) is 0 Å². The number of nitrogens with one attached hydrogen (secondary N) is 2.